The number of carbonyl (C=O) groups is 2. The predicted molar refractivity (Wildman–Crippen MR) is 90.7 cm³/mol. The number of aliphatic hydroxyl groups excluding tert-OH is 1. The van der Waals surface area contributed by atoms with E-state index in [9.17, 15) is 14.7 Å². The molecule has 1 saturated heterocycles. The summed E-state index contributed by atoms with van der Waals surface area (Å²) in [7, 11) is 3.32. The van der Waals surface area contributed by atoms with E-state index in [1.54, 1.807) is 18.8 Å². The summed E-state index contributed by atoms with van der Waals surface area (Å²) in [5, 5.41) is 18.4. The molecule has 1 aromatic rings. The predicted octanol–water partition coefficient (Wildman–Crippen LogP) is 0.403. The van der Waals surface area contributed by atoms with Crippen LogP contribution >= 0.6 is 0 Å². The molecule has 1 N–H and O–H groups in total. The highest BCUT2D eigenvalue weighted by Crippen LogP contribution is 2.39. The first-order chi connectivity index (χ1) is 11.8. The maximum Gasteiger partial charge on any atom is 0.248 e. The Labute approximate surface area is 147 Å². The number of aliphatic hydroxyl groups is 1. The smallest absolute Gasteiger partial charge is 0.248 e. The molecule has 25 heavy (non-hydrogen) atoms. The van der Waals surface area contributed by atoms with Crippen LogP contribution in [0.3, 0.4) is 0 Å². The number of likely N-dealkylation sites (N-methyl/N-ethyl adjacent to an activating group) is 1. The first-order valence-electron chi connectivity index (χ1n) is 8.91. The van der Waals surface area contributed by atoms with E-state index in [4.69, 9.17) is 0 Å². The van der Waals surface area contributed by atoms with Crippen molar-refractivity contribution in [1.82, 2.24) is 24.8 Å². The fourth-order valence-electron chi connectivity index (χ4n) is 3.46. The van der Waals surface area contributed by atoms with E-state index in [0.717, 1.165) is 18.5 Å². The van der Waals surface area contributed by atoms with Gasteiger partial charge in [0.15, 0.2) is 0 Å². The molecule has 2 amide bonds. The molecule has 1 aliphatic carbocycles. The molecule has 0 spiro atoms. The third-order valence-corrected chi connectivity index (χ3v) is 4.98. The zero-order valence-electron chi connectivity index (χ0n) is 15.3. The van der Waals surface area contributed by atoms with Crippen molar-refractivity contribution in [2.24, 2.45) is 5.92 Å². The maximum absolute atomic E-state index is 13.2. The van der Waals surface area contributed by atoms with Crippen molar-refractivity contribution in [2.75, 3.05) is 20.6 Å². The Balaban J connectivity index is 1.84. The van der Waals surface area contributed by atoms with E-state index in [0.29, 0.717) is 5.92 Å². The number of hydrogen-bond donors (Lipinski definition) is 1. The molecule has 8 nitrogen and oxygen atoms in total. The molecule has 1 aromatic heterocycles. The highest BCUT2D eigenvalue weighted by atomic mass is 16.3. The van der Waals surface area contributed by atoms with Crippen LogP contribution < -0.4 is 0 Å². The number of aromatic nitrogens is 3. The zero-order valence-corrected chi connectivity index (χ0v) is 15.3. The molecule has 3 atom stereocenters. The molecule has 1 aliphatic heterocycles. The van der Waals surface area contributed by atoms with E-state index in [1.165, 1.54) is 9.80 Å². The molecule has 1 saturated carbocycles. The highest BCUT2D eigenvalue weighted by Gasteiger charge is 2.43. The lowest BCUT2D eigenvalue weighted by atomic mass is 10.0. The lowest BCUT2D eigenvalue weighted by Gasteiger charge is -2.30. The first-order valence-corrected chi connectivity index (χ1v) is 8.91. The normalized spacial score (nSPS) is 24.6. The van der Waals surface area contributed by atoms with Gasteiger partial charge in [-0.2, -0.15) is 0 Å². The molecule has 3 rings (SSSR count). The van der Waals surface area contributed by atoms with Crippen LogP contribution in [0.15, 0.2) is 6.20 Å². The summed E-state index contributed by atoms with van der Waals surface area (Å²) in [5.74, 6) is 0.117. The van der Waals surface area contributed by atoms with Crippen LogP contribution in [0.5, 0.6) is 0 Å². The summed E-state index contributed by atoms with van der Waals surface area (Å²) in [6.07, 6.45) is 3.70. The third kappa shape index (κ3) is 3.53. The van der Waals surface area contributed by atoms with Gasteiger partial charge in [0.2, 0.25) is 11.8 Å². The van der Waals surface area contributed by atoms with E-state index >= 15 is 0 Å². The molecule has 0 radical (unpaired) electrons. The van der Waals surface area contributed by atoms with Crippen LogP contribution in [0.1, 0.15) is 50.8 Å². The largest absolute Gasteiger partial charge is 0.391 e. The van der Waals surface area contributed by atoms with Crippen LogP contribution in [0, 0.1) is 5.92 Å². The third-order valence-electron chi connectivity index (χ3n) is 4.98. The number of β-amino-alcohol motifs (C(OH)–C–C–N with tert-alkyl or cyclic N) is 1. The minimum Gasteiger partial charge on any atom is -0.391 e. The van der Waals surface area contributed by atoms with Crippen molar-refractivity contribution in [3.05, 3.63) is 11.9 Å². The van der Waals surface area contributed by atoms with Gasteiger partial charge >= 0.3 is 0 Å². The van der Waals surface area contributed by atoms with Crippen molar-refractivity contribution in [3.8, 4) is 0 Å². The number of rotatable bonds is 5. The summed E-state index contributed by atoms with van der Waals surface area (Å²) in [4.78, 5) is 28.6. The molecular weight excluding hydrogens is 322 g/mol. The molecule has 138 valence electrons. The number of likely N-dealkylation sites (tertiary alicyclic amines) is 1. The second-order valence-corrected chi connectivity index (χ2v) is 7.72. The van der Waals surface area contributed by atoms with Crippen molar-refractivity contribution < 1.29 is 14.7 Å². The first kappa shape index (κ1) is 17.8. The van der Waals surface area contributed by atoms with Crippen LogP contribution in [0.2, 0.25) is 0 Å². The van der Waals surface area contributed by atoms with Crippen molar-refractivity contribution in [3.63, 3.8) is 0 Å². The molecule has 0 unspecified atom stereocenters. The van der Waals surface area contributed by atoms with Gasteiger partial charge in [-0.25, -0.2) is 4.68 Å². The standard InChI is InChI=1S/C17H27N5O3/c1-10(2)15(22-9-13(18-19-22)11-5-6-11)17(25)21-8-12(23)7-14(21)16(24)20(3)4/h9-12,14-15,23H,5-8H2,1-4H3/t12-,14+,15+/m1/s1. The molecular formula is C17H27N5O3. The van der Waals surface area contributed by atoms with Crippen molar-refractivity contribution in [2.45, 2.75) is 57.2 Å². The number of nitrogens with zero attached hydrogens (tertiary/aromatic N) is 5. The van der Waals surface area contributed by atoms with E-state index < -0.39 is 18.2 Å². The van der Waals surface area contributed by atoms with Gasteiger partial charge in [0, 0.05) is 39.2 Å². The highest BCUT2D eigenvalue weighted by molar-refractivity contribution is 5.89. The van der Waals surface area contributed by atoms with E-state index in [1.807, 2.05) is 20.0 Å². The molecule has 2 aliphatic rings. The van der Waals surface area contributed by atoms with Gasteiger partial charge in [0.05, 0.1) is 11.8 Å². The average Bonchev–Trinajstić information content (AvgIpc) is 3.15. The molecule has 0 bridgehead atoms. The molecule has 0 aromatic carbocycles. The Morgan fingerprint density at radius 1 is 1.32 bits per heavy atom. The lowest BCUT2D eigenvalue weighted by molar-refractivity contribution is -0.145. The van der Waals surface area contributed by atoms with Gasteiger partial charge in [-0.3, -0.25) is 9.59 Å². The number of carbonyl (C=O) groups excluding carboxylic acids is 2. The van der Waals surface area contributed by atoms with Gasteiger partial charge in [-0.05, 0) is 18.8 Å². The van der Waals surface area contributed by atoms with Crippen LogP contribution in [-0.2, 0) is 9.59 Å². The van der Waals surface area contributed by atoms with Crippen molar-refractivity contribution >= 4 is 11.8 Å². The minimum absolute atomic E-state index is 0.00546. The summed E-state index contributed by atoms with van der Waals surface area (Å²) >= 11 is 0. The number of amides is 2. The monoisotopic (exact) mass is 349 g/mol. The zero-order chi connectivity index (χ0) is 18.3. The molecule has 2 fully saturated rings. The summed E-state index contributed by atoms with van der Waals surface area (Å²) in [6, 6.07) is -1.15. The number of hydrogen-bond acceptors (Lipinski definition) is 5. The fraction of sp³-hybridized carbons (Fsp3) is 0.765. The van der Waals surface area contributed by atoms with Crippen LogP contribution in [-0.4, -0.2) is 74.5 Å². The summed E-state index contributed by atoms with van der Waals surface area (Å²) < 4.78 is 1.63. The van der Waals surface area contributed by atoms with Crippen molar-refractivity contribution in [1.29, 1.82) is 0 Å². The van der Waals surface area contributed by atoms with Crippen LogP contribution in [0.4, 0.5) is 0 Å². The Morgan fingerprint density at radius 2 is 2.00 bits per heavy atom. The lowest BCUT2D eigenvalue weighted by Crippen LogP contribution is -2.48. The average molecular weight is 349 g/mol. The van der Waals surface area contributed by atoms with Gasteiger partial charge in [0.1, 0.15) is 12.1 Å². The maximum atomic E-state index is 13.2. The van der Waals surface area contributed by atoms with Gasteiger partial charge in [0.25, 0.3) is 0 Å². The van der Waals surface area contributed by atoms with Gasteiger partial charge in [-0.15, -0.1) is 5.10 Å². The van der Waals surface area contributed by atoms with E-state index in [-0.39, 0.29) is 30.7 Å². The Morgan fingerprint density at radius 3 is 2.56 bits per heavy atom. The SMILES string of the molecule is CC(C)[C@@H](C(=O)N1C[C@H](O)C[C@H]1C(=O)N(C)C)n1cc(C2CC2)nn1. The molecule has 8 heteroatoms. The van der Waals surface area contributed by atoms with Crippen LogP contribution in [0.25, 0.3) is 0 Å². The topological polar surface area (TPSA) is 91.6 Å². The van der Waals surface area contributed by atoms with Gasteiger partial charge < -0.3 is 14.9 Å². The summed E-state index contributed by atoms with van der Waals surface area (Å²) in [6.45, 7) is 4.09. The van der Waals surface area contributed by atoms with Gasteiger partial charge in [-0.1, -0.05) is 19.1 Å². The van der Waals surface area contributed by atoms with E-state index in [2.05, 4.69) is 10.3 Å². The Kier molecular flexibility index (Phi) is 4.81. The Hall–Kier alpha value is -1.96. The second kappa shape index (κ2) is 6.74. The second-order valence-electron chi connectivity index (χ2n) is 7.72. The summed E-state index contributed by atoms with van der Waals surface area (Å²) in [5.41, 5.74) is 0.931. The molecule has 2 heterocycles. The fourth-order valence-corrected chi connectivity index (χ4v) is 3.46. The quantitative estimate of drug-likeness (QED) is 0.831. The minimum atomic E-state index is -0.677. The Bertz CT molecular complexity index is 652.